The molecule has 0 fully saturated rings. The van der Waals surface area contributed by atoms with Crippen LogP contribution in [0.5, 0.6) is 0 Å². The number of aromatic nitrogens is 1. The Hall–Kier alpha value is -1.88. The normalized spacial score (nSPS) is 14.6. The highest BCUT2D eigenvalue weighted by Crippen LogP contribution is 2.28. The second-order valence-electron chi connectivity index (χ2n) is 5.89. The lowest BCUT2D eigenvalue weighted by atomic mass is 9.93. The number of nitrogens with one attached hydrogen (secondary N) is 1. The third-order valence-electron chi connectivity index (χ3n) is 4.33. The molecule has 1 aliphatic rings. The molecule has 1 aromatic carbocycles. The first kappa shape index (κ1) is 15.0. The van der Waals surface area contributed by atoms with Gasteiger partial charge < -0.3 is 4.98 Å². The average molecular weight is 317 g/mol. The summed E-state index contributed by atoms with van der Waals surface area (Å²) in [6.45, 7) is 3.65. The van der Waals surface area contributed by atoms with Gasteiger partial charge in [0, 0.05) is 5.69 Å². The Morgan fingerprint density at radius 1 is 1.00 bits per heavy atom. The molecule has 0 spiro atoms. The fourth-order valence-electron chi connectivity index (χ4n) is 3.12. The van der Waals surface area contributed by atoms with Crippen LogP contribution in [0.3, 0.4) is 0 Å². The van der Waals surface area contributed by atoms with Crippen LogP contribution in [0.4, 0.5) is 0 Å². The lowest BCUT2D eigenvalue weighted by Gasteiger charge is -2.19. The molecule has 0 saturated heterocycles. The second-order valence-corrected chi connectivity index (χ2v) is 7.78. The Balaban J connectivity index is 2.23. The van der Waals surface area contributed by atoms with Crippen molar-refractivity contribution in [1.82, 2.24) is 4.98 Å². The summed E-state index contributed by atoms with van der Waals surface area (Å²) in [5, 5.41) is 0. The first-order valence-electron chi connectivity index (χ1n) is 7.47. The summed E-state index contributed by atoms with van der Waals surface area (Å²) in [5.74, 6) is 0. The van der Waals surface area contributed by atoms with Gasteiger partial charge in [-0.25, -0.2) is 8.42 Å². The Morgan fingerprint density at radius 3 is 2.32 bits per heavy atom. The summed E-state index contributed by atoms with van der Waals surface area (Å²) in [4.78, 5) is 15.2. The molecular weight excluding hydrogens is 298 g/mol. The van der Waals surface area contributed by atoms with Crippen molar-refractivity contribution in [3.05, 3.63) is 57.0 Å². The minimum Gasteiger partial charge on any atom is -0.325 e. The molecule has 1 aromatic heterocycles. The number of aryl methyl sites for hydroxylation is 2. The summed E-state index contributed by atoms with van der Waals surface area (Å²) in [5.41, 5.74) is 2.99. The van der Waals surface area contributed by atoms with Gasteiger partial charge in [-0.05, 0) is 62.8 Å². The molecule has 0 radical (unpaired) electrons. The molecule has 5 heteroatoms. The molecule has 0 atom stereocenters. The zero-order valence-corrected chi connectivity index (χ0v) is 13.6. The van der Waals surface area contributed by atoms with E-state index in [4.69, 9.17) is 0 Å². The molecule has 0 saturated carbocycles. The van der Waals surface area contributed by atoms with Gasteiger partial charge in [-0.15, -0.1) is 0 Å². The van der Waals surface area contributed by atoms with Gasteiger partial charge in [0.05, 0.1) is 4.90 Å². The lowest BCUT2D eigenvalue weighted by molar-refractivity contribution is 0.591. The Kier molecular flexibility index (Phi) is 3.68. The van der Waals surface area contributed by atoms with Gasteiger partial charge in [0.1, 0.15) is 4.90 Å². The summed E-state index contributed by atoms with van der Waals surface area (Å²) in [6, 6.07) is 6.61. The fourth-order valence-corrected chi connectivity index (χ4v) is 4.67. The number of sulfone groups is 1. The van der Waals surface area contributed by atoms with Gasteiger partial charge in [-0.1, -0.05) is 17.7 Å². The molecule has 2 aromatic rings. The maximum atomic E-state index is 12.9. The van der Waals surface area contributed by atoms with E-state index in [-0.39, 0.29) is 9.79 Å². The van der Waals surface area contributed by atoms with Gasteiger partial charge in [0.25, 0.3) is 5.56 Å². The van der Waals surface area contributed by atoms with Crippen molar-refractivity contribution < 1.29 is 8.42 Å². The van der Waals surface area contributed by atoms with Gasteiger partial charge in [0.2, 0.25) is 9.84 Å². The van der Waals surface area contributed by atoms with Crippen LogP contribution in [0.1, 0.15) is 35.2 Å². The third kappa shape index (κ3) is 2.39. The molecule has 4 nitrogen and oxygen atoms in total. The van der Waals surface area contributed by atoms with E-state index in [0.29, 0.717) is 5.56 Å². The van der Waals surface area contributed by atoms with Crippen LogP contribution >= 0.6 is 0 Å². The van der Waals surface area contributed by atoms with Crippen molar-refractivity contribution >= 4 is 9.84 Å². The van der Waals surface area contributed by atoms with E-state index in [9.17, 15) is 13.2 Å². The van der Waals surface area contributed by atoms with E-state index in [1.54, 1.807) is 31.2 Å². The van der Waals surface area contributed by atoms with Crippen molar-refractivity contribution in [2.24, 2.45) is 0 Å². The van der Waals surface area contributed by atoms with E-state index >= 15 is 0 Å². The van der Waals surface area contributed by atoms with Crippen LogP contribution in [-0.4, -0.2) is 13.4 Å². The summed E-state index contributed by atoms with van der Waals surface area (Å²) in [7, 11) is -3.79. The van der Waals surface area contributed by atoms with E-state index in [2.05, 4.69) is 4.98 Å². The van der Waals surface area contributed by atoms with Crippen molar-refractivity contribution in [3.8, 4) is 0 Å². The lowest BCUT2D eigenvalue weighted by Crippen LogP contribution is -2.24. The van der Waals surface area contributed by atoms with E-state index in [1.807, 2.05) is 6.92 Å². The quantitative estimate of drug-likeness (QED) is 0.926. The smallest absolute Gasteiger partial charge is 0.267 e. The Morgan fingerprint density at radius 2 is 1.64 bits per heavy atom. The van der Waals surface area contributed by atoms with Crippen LogP contribution in [0.15, 0.2) is 38.9 Å². The third-order valence-corrected chi connectivity index (χ3v) is 6.25. The van der Waals surface area contributed by atoms with Crippen molar-refractivity contribution in [3.63, 3.8) is 0 Å². The zero-order chi connectivity index (χ0) is 15.9. The van der Waals surface area contributed by atoms with E-state index in [1.165, 1.54) is 0 Å². The summed E-state index contributed by atoms with van der Waals surface area (Å²) >= 11 is 0. The van der Waals surface area contributed by atoms with Crippen molar-refractivity contribution in [2.45, 2.75) is 49.3 Å². The number of hydrogen-bond acceptors (Lipinski definition) is 3. The van der Waals surface area contributed by atoms with Crippen molar-refractivity contribution in [1.29, 1.82) is 0 Å². The minimum atomic E-state index is -3.79. The monoisotopic (exact) mass is 317 g/mol. The summed E-state index contributed by atoms with van der Waals surface area (Å²) in [6.07, 6.45) is 3.71. The molecule has 0 unspecified atom stereocenters. The van der Waals surface area contributed by atoms with Crippen LogP contribution in [0.2, 0.25) is 0 Å². The topological polar surface area (TPSA) is 67.0 Å². The molecule has 1 N–H and O–H groups in total. The molecule has 1 aliphatic carbocycles. The first-order valence-corrected chi connectivity index (χ1v) is 8.96. The SMILES string of the molecule is Cc1ccc(S(=O)(=O)c2c(C)c3c([nH]c2=O)CCCC3)cc1. The number of rotatable bonds is 2. The largest absolute Gasteiger partial charge is 0.325 e. The van der Waals surface area contributed by atoms with Gasteiger partial charge in [0.15, 0.2) is 0 Å². The molecule has 0 aliphatic heterocycles. The van der Waals surface area contributed by atoms with Gasteiger partial charge >= 0.3 is 0 Å². The molecule has 116 valence electrons. The highest BCUT2D eigenvalue weighted by Gasteiger charge is 2.27. The number of hydrogen-bond donors (Lipinski definition) is 1. The molecule has 0 amide bonds. The maximum absolute atomic E-state index is 12.9. The number of aromatic amines is 1. The van der Waals surface area contributed by atoms with Crippen LogP contribution in [0, 0.1) is 13.8 Å². The average Bonchev–Trinajstić information content (AvgIpc) is 2.47. The minimum absolute atomic E-state index is 0.1000. The predicted molar refractivity (Wildman–Crippen MR) is 85.1 cm³/mol. The molecule has 0 bridgehead atoms. The van der Waals surface area contributed by atoms with Crippen LogP contribution in [0.25, 0.3) is 0 Å². The van der Waals surface area contributed by atoms with Gasteiger partial charge in [-0.2, -0.15) is 0 Å². The van der Waals surface area contributed by atoms with Gasteiger partial charge in [-0.3, -0.25) is 4.79 Å². The highest BCUT2D eigenvalue weighted by atomic mass is 32.2. The van der Waals surface area contributed by atoms with E-state index in [0.717, 1.165) is 42.5 Å². The number of fused-ring (bicyclic) bond motifs is 1. The Labute approximate surface area is 130 Å². The maximum Gasteiger partial charge on any atom is 0.267 e. The molecular formula is C17H19NO3S. The predicted octanol–water partition coefficient (Wildman–Crippen LogP) is 2.70. The fraction of sp³-hybridized carbons (Fsp3) is 0.353. The standard InChI is InChI=1S/C17H19NO3S/c1-11-7-9-13(10-8-11)22(20,21)16-12(2)14-5-3-4-6-15(14)18-17(16)19/h7-10H,3-6H2,1-2H3,(H,18,19). The molecule has 1 heterocycles. The van der Waals surface area contributed by atoms with Crippen molar-refractivity contribution in [2.75, 3.05) is 0 Å². The molecule has 3 rings (SSSR count). The Bertz CT molecular complexity index is 877. The van der Waals surface area contributed by atoms with Crippen LogP contribution in [-0.2, 0) is 22.7 Å². The molecule has 22 heavy (non-hydrogen) atoms. The number of benzene rings is 1. The van der Waals surface area contributed by atoms with E-state index < -0.39 is 15.4 Å². The first-order chi connectivity index (χ1) is 10.4. The second kappa shape index (κ2) is 5.39. The highest BCUT2D eigenvalue weighted by molar-refractivity contribution is 7.91. The summed E-state index contributed by atoms with van der Waals surface area (Å²) < 4.78 is 25.7. The number of H-pyrrole nitrogens is 1. The number of pyridine rings is 1. The van der Waals surface area contributed by atoms with Crippen LogP contribution < -0.4 is 5.56 Å². The zero-order valence-electron chi connectivity index (χ0n) is 12.8.